The molecule has 0 spiro atoms. The molecule has 0 bridgehead atoms. The van der Waals surface area contributed by atoms with E-state index in [1.165, 1.54) is 0 Å². The van der Waals surface area contributed by atoms with E-state index >= 15 is 0 Å². The third kappa shape index (κ3) is 4.36. The Balaban J connectivity index is 1.55. The van der Waals surface area contributed by atoms with Gasteiger partial charge in [-0.25, -0.2) is 9.88 Å². The van der Waals surface area contributed by atoms with Gasteiger partial charge in [0.2, 0.25) is 11.8 Å². The van der Waals surface area contributed by atoms with Gasteiger partial charge in [0, 0.05) is 17.5 Å². The van der Waals surface area contributed by atoms with Crippen LogP contribution in [0, 0.1) is 22.7 Å². The lowest BCUT2D eigenvalue weighted by molar-refractivity contribution is -0.121. The molecule has 1 atom stereocenters. The minimum absolute atomic E-state index is 0.00765. The number of nitriles is 2. The van der Waals surface area contributed by atoms with E-state index in [0.717, 1.165) is 33.4 Å². The number of hydrogen-bond acceptors (Lipinski definition) is 6. The maximum atomic E-state index is 13.3. The van der Waals surface area contributed by atoms with Crippen LogP contribution in [0.25, 0.3) is 22.4 Å². The van der Waals surface area contributed by atoms with Crippen LogP contribution in [-0.4, -0.2) is 22.0 Å². The standard InChI is InChI=1S/C29H18N4O2S/c30-17-19-11-13-22(14-12-19)33-27(34)16-26(29(33)35)36-28-24(18-31)23(20-7-3-1-4-8-20)15-25(32-28)21-9-5-2-6-10-21/h1-15,26H,16H2. The molecule has 0 N–H and O–H groups in total. The number of pyridine rings is 1. The van der Waals surface area contributed by atoms with Crippen LogP contribution in [-0.2, 0) is 9.59 Å². The number of carbonyl (C=O) groups is 2. The molecular formula is C29H18N4O2S. The topological polar surface area (TPSA) is 97.8 Å². The van der Waals surface area contributed by atoms with E-state index in [2.05, 4.69) is 6.07 Å². The van der Waals surface area contributed by atoms with Crippen molar-refractivity contribution in [3.05, 3.63) is 102 Å². The number of aromatic nitrogens is 1. The van der Waals surface area contributed by atoms with Gasteiger partial charge in [-0.3, -0.25) is 9.59 Å². The van der Waals surface area contributed by atoms with Crippen molar-refractivity contribution >= 4 is 29.3 Å². The third-order valence-corrected chi connectivity index (χ3v) is 7.04. The van der Waals surface area contributed by atoms with Gasteiger partial charge in [-0.05, 0) is 35.9 Å². The number of benzene rings is 3. The smallest absolute Gasteiger partial charge is 0.247 e. The van der Waals surface area contributed by atoms with Crippen LogP contribution in [0.1, 0.15) is 17.5 Å². The Morgan fingerprint density at radius 3 is 2.08 bits per heavy atom. The average Bonchev–Trinajstić information content (AvgIpc) is 3.21. The lowest BCUT2D eigenvalue weighted by Crippen LogP contribution is -2.31. The Morgan fingerprint density at radius 2 is 1.47 bits per heavy atom. The molecule has 0 saturated carbocycles. The fourth-order valence-corrected chi connectivity index (χ4v) is 5.23. The molecule has 0 aliphatic carbocycles. The van der Waals surface area contributed by atoms with Crippen LogP contribution in [0.15, 0.2) is 96.0 Å². The normalized spacial score (nSPS) is 14.9. The fraction of sp³-hybridized carbons (Fsp3) is 0.0690. The molecule has 4 aromatic rings. The summed E-state index contributed by atoms with van der Waals surface area (Å²) >= 11 is 1.14. The Labute approximate surface area is 212 Å². The van der Waals surface area contributed by atoms with Crippen LogP contribution in [0.5, 0.6) is 0 Å². The van der Waals surface area contributed by atoms with E-state index in [4.69, 9.17) is 10.2 Å². The van der Waals surface area contributed by atoms with Crippen molar-refractivity contribution in [3.63, 3.8) is 0 Å². The molecule has 2 amide bonds. The molecule has 7 heteroatoms. The first-order valence-electron chi connectivity index (χ1n) is 11.2. The first-order valence-corrected chi connectivity index (χ1v) is 12.1. The molecule has 1 unspecified atom stereocenters. The van der Waals surface area contributed by atoms with E-state index in [-0.39, 0.29) is 18.2 Å². The maximum Gasteiger partial charge on any atom is 0.247 e. The summed E-state index contributed by atoms with van der Waals surface area (Å²) in [6, 6.07) is 31.7. The van der Waals surface area contributed by atoms with E-state index in [9.17, 15) is 14.9 Å². The van der Waals surface area contributed by atoms with Crippen LogP contribution in [0.2, 0.25) is 0 Å². The van der Waals surface area contributed by atoms with Crippen molar-refractivity contribution < 1.29 is 9.59 Å². The monoisotopic (exact) mass is 486 g/mol. The largest absolute Gasteiger partial charge is 0.274 e. The van der Waals surface area contributed by atoms with E-state index in [0.29, 0.717) is 27.5 Å². The highest BCUT2D eigenvalue weighted by Gasteiger charge is 2.41. The van der Waals surface area contributed by atoms with Gasteiger partial charge >= 0.3 is 0 Å². The van der Waals surface area contributed by atoms with Crippen molar-refractivity contribution in [2.45, 2.75) is 16.7 Å². The van der Waals surface area contributed by atoms with Gasteiger partial charge in [0.15, 0.2) is 0 Å². The predicted octanol–water partition coefficient (Wildman–Crippen LogP) is 5.58. The van der Waals surface area contributed by atoms with Gasteiger partial charge in [0.25, 0.3) is 0 Å². The summed E-state index contributed by atoms with van der Waals surface area (Å²) < 4.78 is 0. The predicted molar refractivity (Wildman–Crippen MR) is 138 cm³/mol. The van der Waals surface area contributed by atoms with Gasteiger partial charge in [-0.15, -0.1) is 0 Å². The average molecular weight is 487 g/mol. The molecule has 3 aromatic carbocycles. The first-order chi connectivity index (χ1) is 17.6. The van der Waals surface area contributed by atoms with Crippen LogP contribution >= 0.6 is 11.8 Å². The number of thioether (sulfide) groups is 1. The minimum Gasteiger partial charge on any atom is -0.274 e. The van der Waals surface area contributed by atoms with E-state index in [1.807, 2.05) is 72.8 Å². The summed E-state index contributed by atoms with van der Waals surface area (Å²) in [5, 5.41) is 18.8. The zero-order chi connectivity index (χ0) is 25.1. The molecule has 1 aliphatic rings. The lowest BCUT2D eigenvalue weighted by atomic mass is 9.99. The summed E-state index contributed by atoms with van der Waals surface area (Å²) in [6.07, 6.45) is -0.00765. The first kappa shape index (κ1) is 23.0. The van der Waals surface area contributed by atoms with E-state index in [1.54, 1.807) is 24.3 Å². The molecule has 1 fully saturated rings. The summed E-state index contributed by atoms with van der Waals surface area (Å²) in [5.74, 6) is -0.699. The van der Waals surface area contributed by atoms with Gasteiger partial charge < -0.3 is 0 Å². The quantitative estimate of drug-likeness (QED) is 0.342. The Morgan fingerprint density at radius 1 is 0.833 bits per heavy atom. The zero-order valence-corrected chi connectivity index (χ0v) is 19.8. The third-order valence-electron chi connectivity index (χ3n) is 5.87. The Hall–Kier alpha value is -4.72. The second-order valence-corrected chi connectivity index (χ2v) is 9.31. The molecule has 6 nitrogen and oxygen atoms in total. The van der Waals surface area contributed by atoms with Crippen molar-refractivity contribution in [2.75, 3.05) is 4.90 Å². The van der Waals surface area contributed by atoms with Gasteiger partial charge in [0.05, 0.1) is 33.8 Å². The number of anilines is 1. The number of hydrogen-bond donors (Lipinski definition) is 0. The molecule has 0 radical (unpaired) electrons. The summed E-state index contributed by atoms with van der Waals surface area (Å²) in [5.41, 5.74) is 4.37. The molecule has 1 aliphatic heterocycles. The Kier molecular flexibility index (Phi) is 6.32. The highest BCUT2D eigenvalue weighted by atomic mass is 32.2. The van der Waals surface area contributed by atoms with Crippen LogP contribution < -0.4 is 4.90 Å². The minimum atomic E-state index is -0.720. The molecule has 36 heavy (non-hydrogen) atoms. The summed E-state index contributed by atoms with van der Waals surface area (Å²) in [7, 11) is 0. The van der Waals surface area contributed by atoms with Crippen LogP contribution in [0.3, 0.4) is 0 Å². The highest BCUT2D eigenvalue weighted by Crippen LogP contribution is 2.39. The SMILES string of the molecule is N#Cc1ccc(N2C(=O)CC(Sc3nc(-c4ccccc4)cc(-c4ccccc4)c3C#N)C2=O)cc1. The zero-order valence-electron chi connectivity index (χ0n) is 19.0. The van der Waals surface area contributed by atoms with Crippen molar-refractivity contribution in [3.8, 4) is 34.5 Å². The molecule has 1 saturated heterocycles. The fourth-order valence-electron chi connectivity index (χ4n) is 4.10. The molecule has 1 aromatic heterocycles. The van der Waals surface area contributed by atoms with Crippen molar-refractivity contribution in [2.24, 2.45) is 0 Å². The lowest BCUT2D eigenvalue weighted by Gasteiger charge is -2.16. The highest BCUT2D eigenvalue weighted by molar-refractivity contribution is 8.00. The summed E-state index contributed by atoms with van der Waals surface area (Å²) in [4.78, 5) is 32.0. The second-order valence-electron chi connectivity index (χ2n) is 8.12. The van der Waals surface area contributed by atoms with Crippen LogP contribution in [0.4, 0.5) is 5.69 Å². The summed E-state index contributed by atoms with van der Waals surface area (Å²) in [6.45, 7) is 0. The molecular weight excluding hydrogens is 468 g/mol. The molecule has 2 heterocycles. The molecule has 5 rings (SSSR count). The molecule has 172 valence electrons. The Bertz CT molecular complexity index is 1540. The van der Waals surface area contributed by atoms with Gasteiger partial charge in [0.1, 0.15) is 11.1 Å². The van der Waals surface area contributed by atoms with E-state index < -0.39 is 5.25 Å². The van der Waals surface area contributed by atoms with Gasteiger partial charge in [-0.2, -0.15) is 10.5 Å². The number of amides is 2. The van der Waals surface area contributed by atoms with Crippen molar-refractivity contribution in [1.29, 1.82) is 10.5 Å². The number of rotatable bonds is 5. The number of nitrogens with zero attached hydrogens (tertiary/aromatic N) is 4. The number of carbonyl (C=O) groups excluding carboxylic acids is 2. The van der Waals surface area contributed by atoms with Crippen molar-refractivity contribution in [1.82, 2.24) is 4.98 Å². The van der Waals surface area contributed by atoms with Gasteiger partial charge in [-0.1, -0.05) is 72.4 Å². The number of imide groups is 1. The second kappa shape index (κ2) is 9.87. The maximum absolute atomic E-state index is 13.3.